The van der Waals surface area contributed by atoms with Gasteiger partial charge < -0.3 is 5.32 Å². The zero-order chi connectivity index (χ0) is 13.5. The van der Waals surface area contributed by atoms with Crippen molar-refractivity contribution in [3.05, 3.63) is 35.4 Å². The molecule has 2 nitrogen and oxygen atoms in total. The molecule has 1 aliphatic rings. The van der Waals surface area contributed by atoms with Gasteiger partial charge in [-0.1, -0.05) is 36.8 Å². The predicted octanol–water partition coefficient (Wildman–Crippen LogP) is 3.21. The fourth-order valence-corrected chi connectivity index (χ4v) is 2.97. The van der Waals surface area contributed by atoms with E-state index in [9.17, 15) is 0 Å². The quantitative estimate of drug-likeness (QED) is 0.790. The Morgan fingerprint density at radius 1 is 1.26 bits per heavy atom. The van der Waals surface area contributed by atoms with Crippen molar-refractivity contribution in [3.63, 3.8) is 0 Å². The van der Waals surface area contributed by atoms with Gasteiger partial charge in [0, 0.05) is 13.1 Å². The zero-order valence-electron chi connectivity index (χ0n) is 12.5. The van der Waals surface area contributed by atoms with E-state index in [0.29, 0.717) is 0 Å². The van der Waals surface area contributed by atoms with Crippen molar-refractivity contribution >= 4 is 0 Å². The van der Waals surface area contributed by atoms with E-state index in [1.54, 1.807) is 0 Å². The Labute approximate surface area is 118 Å². The first-order valence-electron chi connectivity index (χ1n) is 7.76. The van der Waals surface area contributed by atoms with Crippen LogP contribution in [0.1, 0.15) is 37.3 Å². The Balaban J connectivity index is 1.78. The number of hydrogen-bond donors (Lipinski definition) is 1. The van der Waals surface area contributed by atoms with Crippen molar-refractivity contribution in [2.45, 2.75) is 39.7 Å². The number of nitrogens with one attached hydrogen (secondary N) is 1. The summed E-state index contributed by atoms with van der Waals surface area (Å²) in [6, 6.07) is 9.00. The van der Waals surface area contributed by atoms with Gasteiger partial charge in [0.15, 0.2) is 0 Å². The SMILES string of the molecule is CCNCCC1CCCN(Cc2ccc(C)cc2)C1. The van der Waals surface area contributed by atoms with E-state index in [4.69, 9.17) is 0 Å². The molecule has 1 heterocycles. The third-order valence-corrected chi connectivity index (χ3v) is 4.11. The standard InChI is InChI=1S/C17H28N2/c1-3-18-11-10-16-5-4-12-19(13-16)14-17-8-6-15(2)7-9-17/h6-9,16,18H,3-5,10-14H2,1-2H3. The predicted molar refractivity (Wildman–Crippen MR) is 82.3 cm³/mol. The van der Waals surface area contributed by atoms with Crippen LogP contribution in [0, 0.1) is 12.8 Å². The highest BCUT2D eigenvalue weighted by molar-refractivity contribution is 5.21. The molecule has 1 atom stereocenters. The molecule has 1 aromatic rings. The summed E-state index contributed by atoms with van der Waals surface area (Å²) in [6.07, 6.45) is 4.11. The van der Waals surface area contributed by atoms with Gasteiger partial charge in [0.1, 0.15) is 0 Å². The van der Waals surface area contributed by atoms with Crippen LogP contribution in [0.5, 0.6) is 0 Å². The molecule has 0 aliphatic carbocycles. The van der Waals surface area contributed by atoms with Crippen molar-refractivity contribution in [3.8, 4) is 0 Å². The topological polar surface area (TPSA) is 15.3 Å². The van der Waals surface area contributed by atoms with Gasteiger partial charge in [-0.15, -0.1) is 0 Å². The Morgan fingerprint density at radius 2 is 2.05 bits per heavy atom. The molecule has 2 rings (SSSR count). The summed E-state index contributed by atoms with van der Waals surface area (Å²) in [4.78, 5) is 2.63. The maximum absolute atomic E-state index is 3.45. The van der Waals surface area contributed by atoms with Crippen LogP contribution in [0.4, 0.5) is 0 Å². The van der Waals surface area contributed by atoms with Gasteiger partial charge in [0.25, 0.3) is 0 Å². The molecule has 0 spiro atoms. The molecule has 1 saturated heterocycles. The first-order valence-corrected chi connectivity index (χ1v) is 7.76. The van der Waals surface area contributed by atoms with E-state index in [-0.39, 0.29) is 0 Å². The number of hydrogen-bond acceptors (Lipinski definition) is 2. The molecule has 1 unspecified atom stereocenters. The monoisotopic (exact) mass is 260 g/mol. The molecule has 0 bridgehead atoms. The molecule has 106 valence electrons. The van der Waals surface area contributed by atoms with Crippen molar-refractivity contribution in [2.24, 2.45) is 5.92 Å². The van der Waals surface area contributed by atoms with E-state index in [0.717, 1.165) is 19.0 Å². The maximum Gasteiger partial charge on any atom is 0.0233 e. The molecule has 2 heteroatoms. The second-order valence-electron chi connectivity index (χ2n) is 5.87. The highest BCUT2D eigenvalue weighted by Gasteiger charge is 2.19. The Morgan fingerprint density at radius 3 is 2.79 bits per heavy atom. The molecule has 0 radical (unpaired) electrons. The minimum absolute atomic E-state index is 0.887. The van der Waals surface area contributed by atoms with Crippen LogP contribution in [0.3, 0.4) is 0 Å². The number of rotatable bonds is 6. The Hall–Kier alpha value is -0.860. The third-order valence-electron chi connectivity index (χ3n) is 4.11. The minimum Gasteiger partial charge on any atom is -0.317 e. The minimum atomic E-state index is 0.887. The van der Waals surface area contributed by atoms with Gasteiger partial charge in [0.2, 0.25) is 0 Å². The fraction of sp³-hybridized carbons (Fsp3) is 0.647. The lowest BCUT2D eigenvalue weighted by molar-refractivity contribution is 0.161. The second-order valence-corrected chi connectivity index (χ2v) is 5.87. The number of benzene rings is 1. The third kappa shape index (κ3) is 4.96. The summed E-state index contributed by atoms with van der Waals surface area (Å²) in [5.74, 6) is 0.887. The van der Waals surface area contributed by atoms with Crippen LogP contribution >= 0.6 is 0 Å². The van der Waals surface area contributed by atoms with Crippen LogP contribution in [0.15, 0.2) is 24.3 Å². The summed E-state index contributed by atoms with van der Waals surface area (Å²) in [5.41, 5.74) is 2.81. The lowest BCUT2D eigenvalue weighted by Crippen LogP contribution is -2.36. The summed E-state index contributed by atoms with van der Waals surface area (Å²) in [6.45, 7) is 10.3. The number of likely N-dealkylation sites (tertiary alicyclic amines) is 1. The number of piperidine rings is 1. The van der Waals surface area contributed by atoms with E-state index in [1.165, 1.54) is 50.0 Å². The van der Waals surface area contributed by atoms with Gasteiger partial charge >= 0.3 is 0 Å². The van der Waals surface area contributed by atoms with Gasteiger partial charge in [-0.05, 0) is 57.3 Å². The summed E-state index contributed by atoms with van der Waals surface area (Å²) in [5, 5.41) is 3.45. The van der Waals surface area contributed by atoms with Crippen LogP contribution in [-0.2, 0) is 6.54 Å². The molecule has 1 N–H and O–H groups in total. The molecule has 0 saturated carbocycles. The summed E-state index contributed by atoms with van der Waals surface area (Å²) in [7, 11) is 0. The molecular formula is C17H28N2. The molecule has 1 aliphatic heterocycles. The normalized spacial score (nSPS) is 20.6. The molecule has 1 aromatic carbocycles. The lowest BCUT2D eigenvalue weighted by Gasteiger charge is -2.32. The maximum atomic E-state index is 3.45. The lowest BCUT2D eigenvalue weighted by atomic mass is 9.94. The van der Waals surface area contributed by atoms with Gasteiger partial charge in [-0.3, -0.25) is 4.90 Å². The fourth-order valence-electron chi connectivity index (χ4n) is 2.97. The first-order chi connectivity index (χ1) is 9.28. The van der Waals surface area contributed by atoms with Gasteiger partial charge in [-0.25, -0.2) is 0 Å². The highest BCUT2D eigenvalue weighted by atomic mass is 15.1. The largest absolute Gasteiger partial charge is 0.317 e. The van der Waals surface area contributed by atoms with Crippen LogP contribution in [-0.4, -0.2) is 31.1 Å². The number of aryl methyl sites for hydroxylation is 1. The molecule has 1 fully saturated rings. The number of nitrogens with zero attached hydrogens (tertiary/aromatic N) is 1. The van der Waals surface area contributed by atoms with Crippen molar-refractivity contribution < 1.29 is 0 Å². The average Bonchev–Trinajstić information content (AvgIpc) is 2.42. The Bertz CT molecular complexity index is 358. The van der Waals surface area contributed by atoms with E-state index >= 15 is 0 Å². The van der Waals surface area contributed by atoms with E-state index in [1.807, 2.05) is 0 Å². The summed E-state index contributed by atoms with van der Waals surface area (Å²) >= 11 is 0. The van der Waals surface area contributed by atoms with Crippen molar-refractivity contribution in [1.82, 2.24) is 10.2 Å². The smallest absolute Gasteiger partial charge is 0.0233 e. The van der Waals surface area contributed by atoms with E-state index in [2.05, 4.69) is 48.3 Å². The summed E-state index contributed by atoms with van der Waals surface area (Å²) < 4.78 is 0. The molecular weight excluding hydrogens is 232 g/mol. The van der Waals surface area contributed by atoms with Crippen LogP contribution < -0.4 is 5.32 Å². The van der Waals surface area contributed by atoms with Crippen molar-refractivity contribution in [2.75, 3.05) is 26.2 Å². The van der Waals surface area contributed by atoms with Crippen LogP contribution in [0.25, 0.3) is 0 Å². The van der Waals surface area contributed by atoms with E-state index < -0.39 is 0 Å². The Kier molecular flexibility index (Phi) is 5.87. The molecule has 0 amide bonds. The van der Waals surface area contributed by atoms with Crippen molar-refractivity contribution in [1.29, 1.82) is 0 Å². The zero-order valence-corrected chi connectivity index (χ0v) is 12.5. The molecule has 0 aromatic heterocycles. The molecule has 19 heavy (non-hydrogen) atoms. The van der Waals surface area contributed by atoms with Crippen LogP contribution in [0.2, 0.25) is 0 Å². The van der Waals surface area contributed by atoms with Gasteiger partial charge in [0.05, 0.1) is 0 Å². The first kappa shape index (κ1) is 14.5. The second kappa shape index (κ2) is 7.66. The van der Waals surface area contributed by atoms with Gasteiger partial charge in [-0.2, -0.15) is 0 Å². The average molecular weight is 260 g/mol. The highest BCUT2D eigenvalue weighted by Crippen LogP contribution is 2.21.